The van der Waals surface area contributed by atoms with Gasteiger partial charge in [-0.2, -0.15) is 0 Å². The normalized spacial score (nSPS) is 21.3. The highest BCUT2D eigenvalue weighted by Crippen LogP contribution is 2.28. The Morgan fingerprint density at radius 2 is 2.15 bits per heavy atom. The summed E-state index contributed by atoms with van der Waals surface area (Å²) in [4.78, 5) is 12.5. The number of hydrogen-bond acceptors (Lipinski definition) is 4. The van der Waals surface area contributed by atoms with Crippen LogP contribution >= 0.6 is 12.4 Å². The first-order chi connectivity index (χ1) is 12.6. The van der Waals surface area contributed by atoms with E-state index in [-0.39, 0.29) is 24.4 Å². The first-order valence-electron chi connectivity index (χ1n) is 9.66. The standard InChI is InChI=1S/C20H29FN2O3.ClH/c1-14(15-6-8-22-9-7-15)11-20(24)23-18-12-16(21)4-5-19(18)26-13-17-3-2-10-25-17;/h4-5,12,14-15,17,22H,2-3,6-11,13H2,1H3,(H,23,24);1H. The molecule has 0 saturated carbocycles. The summed E-state index contributed by atoms with van der Waals surface area (Å²) >= 11 is 0. The van der Waals surface area contributed by atoms with E-state index in [1.54, 1.807) is 6.07 Å². The minimum Gasteiger partial charge on any atom is -0.489 e. The smallest absolute Gasteiger partial charge is 0.224 e. The Morgan fingerprint density at radius 3 is 2.85 bits per heavy atom. The van der Waals surface area contributed by atoms with Gasteiger partial charge in [-0.15, -0.1) is 12.4 Å². The van der Waals surface area contributed by atoms with Gasteiger partial charge in [0.25, 0.3) is 0 Å². The Kier molecular flexibility index (Phi) is 8.80. The molecule has 2 fully saturated rings. The molecular weight excluding hydrogens is 371 g/mol. The molecule has 2 aliphatic heterocycles. The Morgan fingerprint density at radius 1 is 1.37 bits per heavy atom. The van der Waals surface area contributed by atoms with Crippen LogP contribution in [0.5, 0.6) is 5.75 Å². The summed E-state index contributed by atoms with van der Waals surface area (Å²) in [6, 6.07) is 4.23. The van der Waals surface area contributed by atoms with Crippen molar-refractivity contribution >= 4 is 24.0 Å². The van der Waals surface area contributed by atoms with Crippen molar-refractivity contribution in [2.45, 2.75) is 45.1 Å². The third kappa shape index (κ3) is 6.63. The number of carbonyl (C=O) groups is 1. The number of piperidine rings is 1. The van der Waals surface area contributed by atoms with Gasteiger partial charge in [0.15, 0.2) is 0 Å². The Balaban J connectivity index is 0.00000261. The average molecular weight is 401 g/mol. The summed E-state index contributed by atoms with van der Waals surface area (Å²) in [5.41, 5.74) is 0.394. The molecule has 0 aromatic heterocycles. The van der Waals surface area contributed by atoms with Gasteiger partial charge >= 0.3 is 0 Å². The van der Waals surface area contributed by atoms with E-state index in [0.29, 0.717) is 36.3 Å². The molecule has 2 atom stereocenters. The first-order valence-corrected chi connectivity index (χ1v) is 9.66. The second-order valence-corrected chi connectivity index (χ2v) is 7.40. The van der Waals surface area contributed by atoms with Gasteiger partial charge in [0.1, 0.15) is 18.2 Å². The molecule has 2 saturated heterocycles. The van der Waals surface area contributed by atoms with E-state index in [1.807, 2.05) is 0 Å². The number of carbonyl (C=O) groups excluding carboxylic acids is 1. The Bertz CT molecular complexity index is 605. The summed E-state index contributed by atoms with van der Waals surface area (Å²) < 4.78 is 25.0. The fourth-order valence-corrected chi connectivity index (χ4v) is 3.76. The largest absolute Gasteiger partial charge is 0.489 e. The monoisotopic (exact) mass is 400 g/mol. The highest BCUT2D eigenvalue weighted by Gasteiger charge is 2.23. The van der Waals surface area contributed by atoms with E-state index < -0.39 is 5.82 Å². The van der Waals surface area contributed by atoms with E-state index in [1.165, 1.54) is 12.1 Å². The van der Waals surface area contributed by atoms with Gasteiger partial charge in [-0.25, -0.2) is 4.39 Å². The lowest BCUT2D eigenvalue weighted by molar-refractivity contribution is -0.117. The van der Waals surface area contributed by atoms with E-state index in [4.69, 9.17) is 9.47 Å². The van der Waals surface area contributed by atoms with Crippen molar-refractivity contribution in [2.75, 3.05) is 31.6 Å². The zero-order chi connectivity index (χ0) is 18.4. The van der Waals surface area contributed by atoms with Gasteiger partial charge in [0, 0.05) is 19.1 Å². The molecule has 2 aliphatic rings. The van der Waals surface area contributed by atoms with Crippen LogP contribution < -0.4 is 15.4 Å². The highest BCUT2D eigenvalue weighted by molar-refractivity contribution is 5.92. The first kappa shape index (κ1) is 21.9. The molecule has 27 heavy (non-hydrogen) atoms. The quantitative estimate of drug-likeness (QED) is 0.731. The lowest BCUT2D eigenvalue weighted by atomic mass is 9.84. The predicted molar refractivity (Wildman–Crippen MR) is 106 cm³/mol. The molecule has 3 rings (SSSR count). The lowest BCUT2D eigenvalue weighted by Crippen LogP contribution is -2.32. The van der Waals surface area contributed by atoms with Crippen molar-refractivity contribution in [1.29, 1.82) is 0 Å². The van der Waals surface area contributed by atoms with Crippen LogP contribution in [0.1, 0.15) is 39.0 Å². The fourth-order valence-electron chi connectivity index (χ4n) is 3.76. The summed E-state index contributed by atoms with van der Waals surface area (Å²) in [6.45, 7) is 5.33. The van der Waals surface area contributed by atoms with E-state index in [0.717, 1.165) is 45.4 Å². The SMILES string of the molecule is CC(CC(=O)Nc1cc(F)ccc1OCC1CCCO1)C1CCNCC1.Cl. The molecule has 7 heteroatoms. The number of hydrogen-bond donors (Lipinski definition) is 2. The minimum atomic E-state index is -0.392. The van der Waals surface area contributed by atoms with Gasteiger partial charge in [-0.05, 0) is 62.7 Å². The Hall–Kier alpha value is -1.37. The maximum absolute atomic E-state index is 13.7. The zero-order valence-corrected chi connectivity index (χ0v) is 16.7. The topological polar surface area (TPSA) is 59.6 Å². The lowest BCUT2D eigenvalue weighted by Gasteiger charge is -2.28. The van der Waals surface area contributed by atoms with Crippen molar-refractivity contribution < 1.29 is 18.7 Å². The zero-order valence-electron chi connectivity index (χ0n) is 15.8. The second kappa shape index (κ2) is 10.8. The summed E-state index contributed by atoms with van der Waals surface area (Å²) in [5.74, 6) is 0.871. The van der Waals surface area contributed by atoms with Crippen molar-refractivity contribution in [3.8, 4) is 5.75 Å². The second-order valence-electron chi connectivity index (χ2n) is 7.40. The van der Waals surface area contributed by atoms with Crippen molar-refractivity contribution in [3.05, 3.63) is 24.0 Å². The maximum Gasteiger partial charge on any atom is 0.224 e. The number of benzene rings is 1. The van der Waals surface area contributed by atoms with E-state index in [2.05, 4.69) is 17.6 Å². The molecule has 2 unspecified atom stereocenters. The number of halogens is 2. The summed E-state index contributed by atoms with van der Waals surface area (Å²) in [6.07, 6.45) is 4.72. The molecule has 2 heterocycles. The third-order valence-corrected chi connectivity index (χ3v) is 5.36. The van der Waals surface area contributed by atoms with Gasteiger partial charge in [0.2, 0.25) is 5.91 Å². The summed E-state index contributed by atoms with van der Waals surface area (Å²) in [5, 5.41) is 6.18. The molecule has 152 valence electrons. The maximum atomic E-state index is 13.7. The van der Waals surface area contributed by atoms with Crippen LogP contribution in [0, 0.1) is 17.7 Å². The van der Waals surface area contributed by atoms with Gasteiger partial charge in [-0.3, -0.25) is 4.79 Å². The van der Waals surface area contributed by atoms with E-state index >= 15 is 0 Å². The Labute approximate surface area is 166 Å². The van der Waals surface area contributed by atoms with Crippen LogP contribution in [0.15, 0.2) is 18.2 Å². The molecule has 1 amide bonds. The molecule has 2 N–H and O–H groups in total. The van der Waals surface area contributed by atoms with Crippen LogP contribution in [0.3, 0.4) is 0 Å². The van der Waals surface area contributed by atoms with Crippen LogP contribution in [-0.4, -0.2) is 38.3 Å². The van der Waals surface area contributed by atoms with Gasteiger partial charge in [-0.1, -0.05) is 6.92 Å². The van der Waals surface area contributed by atoms with Crippen LogP contribution in [-0.2, 0) is 9.53 Å². The van der Waals surface area contributed by atoms with Gasteiger partial charge < -0.3 is 20.1 Å². The van der Waals surface area contributed by atoms with Crippen molar-refractivity contribution in [1.82, 2.24) is 5.32 Å². The third-order valence-electron chi connectivity index (χ3n) is 5.36. The van der Waals surface area contributed by atoms with Crippen LogP contribution in [0.25, 0.3) is 0 Å². The van der Waals surface area contributed by atoms with E-state index in [9.17, 15) is 9.18 Å². The number of nitrogens with one attached hydrogen (secondary N) is 2. The fraction of sp³-hybridized carbons (Fsp3) is 0.650. The number of anilines is 1. The molecule has 0 spiro atoms. The van der Waals surface area contributed by atoms with Crippen molar-refractivity contribution in [2.24, 2.45) is 11.8 Å². The highest BCUT2D eigenvalue weighted by atomic mass is 35.5. The number of rotatable bonds is 7. The molecule has 1 aromatic carbocycles. The van der Waals surface area contributed by atoms with Crippen LogP contribution in [0.4, 0.5) is 10.1 Å². The molecule has 0 bridgehead atoms. The molecule has 5 nitrogen and oxygen atoms in total. The van der Waals surface area contributed by atoms with Crippen LogP contribution in [0.2, 0.25) is 0 Å². The molecule has 0 radical (unpaired) electrons. The molecular formula is C20H30ClFN2O3. The number of amides is 1. The number of ether oxygens (including phenoxy) is 2. The average Bonchev–Trinajstić information content (AvgIpc) is 3.15. The summed E-state index contributed by atoms with van der Waals surface area (Å²) in [7, 11) is 0. The predicted octanol–water partition coefficient (Wildman–Crippen LogP) is 3.77. The molecule has 0 aliphatic carbocycles. The minimum absolute atomic E-state index is 0. The van der Waals surface area contributed by atoms with Gasteiger partial charge in [0.05, 0.1) is 11.8 Å². The molecule has 1 aromatic rings. The van der Waals surface area contributed by atoms with Crippen molar-refractivity contribution in [3.63, 3.8) is 0 Å².